The number of allylic oxidation sites excluding steroid dienone is 1. The van der Waals surface area contributed by atoms with Gasteiger partial charge in [-0.25, -0.2) is 0 Å². The number of benzene rings is 2. The minimum absolute atomic E-state index is 0.0244. The average molecular weight is 436 g/mol. The van der Waals surface area contributed by atoms with Gasteiger partial charge in [0.2, 0.25) is 0 Å². The van der Waals surface area contributed by atoms with Gasteiger partial charge >= 0.3 is 0 Å². The number of hydrogen-bond acceptors (Lipinski definition) is 6. The molecule has 7 heteroatoms. The fraction of sp³-hybridized carbons (Fsp3) is 0.360. The number of Topliss-reactive ketones (excluding diaryl/α,β-unsaturated/α-hetero) is 1. The van der Waals surface area contributed by atoms with Crippen molar-refractivity contribution in [2.75, 3.05) is 44.7 Å². The fourth-order valence-corrected chi connectivity index (χ4v) is 4.41. The molecule has 2 aromatic carbocycles. The average Bonchev–Trinajstić information content (AvgIpc) is 3.33. The summed E-state index contributed by atoms with van der Waals surface area (Å²) in [5.41, 5.74) is 3.41. The Bertz CT molecular complexity index is 1060. The molecule has 2 aliphatic heterocycles. The van der Waals surface area contributed by atoms with Crippen LogP contribution in [0.2, 0.25) is 0 Å². The van der Waals surface area contributed by atoms with Crippen molar-refractivity contribution in [2.45, 2.75) is 25.8 Å². The van der Waals surface area contributed by atoms with Crippen LogP contribution in [-0.2, 0) is 16.0 Å². The zero-order valence-electron chi connectivity index (χ0n) is 19.2. The van der Waals surface area contributed by atoms with E-state index in [1.165, 1.54) is 0 Å². The minimum Gasteiger partial charge on any atom is -0.497 e. The summed E-state index contributed by atoms with van der Waals surface area (Å²) in [5.74, 6) is 1.84. The molecule has 7 nitrogen and oxygen atoms in total. The van der Waals surface area contributed by atoms with E-state index in [2.05, 4.69) is 16.4 Å². The molecule has 2 heterocycles. The minimum atomic E-state index is -0.971. The van der Waals surface area contributed by atoms with Gasteiger partial charge in [0.1, 0.15) is 22.9 Å². The largest absolute Gasteiger partial charge is 0.497 e. The first-order valence-corrected chi connectivity index (χ1v) is 10.7. The second-order valence-electron chi connectivity index (χ2n) is 8.01. The third kappa shape index (κ3) is 3.52. The van der Waals surface area contributed by atoms with Crippen molar-refractivity contribution in [2.24, 2.45) is 4.99 Å². The maximum atomic E-state index is 14.0. The Morgan fingerprint density at radius 3 is 2.41 bits per heavy atom. The number of ketones is 1. The second-order valence-corrected chi connectivity index (χ2v) is 8.01. The van der Waals surface area contributed by atoms with Crippen molar-refractivity contribution in [3.05, 3.63) is 59.3 Å². The molecule has 2 aromatic rings. The van der Waals surface area contributed by atoms with E-state index < -0.39 is 5.54 Å². The summed E-state index contributed by atoms with van der Waals surface area (Å²) >= 11 is 0. The molecule has 0 amide bonds. The lowest BCUT2D eigenvalue weighted by atomic mass is 9.94. The van der Waals surface area contributed by atoms with Crippen molar-refractivity contribution < 1.29 is 19.0 Å². The Balaban J connectivity index is 1.89. The standard InChI is InChI=1S/C25H29N3O4/c1-6-32-15-25(2)23(29)22(21-11-16-9-7-8-10-20(16)27-21)24(26-3)28(25)17-12-18(30-4)14-19(13-17)31-5/h7-10,12-14,27H,6,11,15H2,1-5H3/t25-/m1/s1. The van der Waals surface area contributed by atoms with E-state index in [9.17, 15) is 4.79 Å². The molecule has 1 N–H and O–H groups in total. The maximum Gasteiger partial charge on any atom is 0.196 e. The predicted molar refractivity (Wildman–Crippen MR) is 126 cm³/mol. The van der Waals surface area contributed by atoms with Crippen LogP contribution < -0.4 is 19.7 Å². The first-order valence-electron chi connectivity index (χ1n) is 10.7. The third-order valence-electron chi connectivity index (χ3n) is 6.01. The quantitative estimate of drug-likeness (QED) is 0.695. The number of para-hydroxylation sites is 1. The van der Waals surface area contributed by atoms with E-state index in [1.54, 1.807) is 27.3 Å². The van der Waals surface area contributed by atoms with Crippen LogP contribution in [0.1, 0.15) is 19.4 Å². The molecule has 0 aromatic heterocycles. The van der Waals surface area contributed by atoms with Crippen LogP contribution in [0.15, 0.2) is 58.7 Å². The van der Waals surface area contributed by atoms with Gasteiger partial charge in [-0.15, -0.1) is 0 Å². The number of fused-ring (bicyclic) bond motifs is 1. The molecular formula is C25H29N3O4. The van der Waals surface area contributed by atoms with Crippen LogP contribution in [0.4, 0.5) is 11.4 Å². The zero-order valence-corrected chi connectivity index (χ0v) is 19.2. The second kappa shape index (κ2) is 8.67. The summed E-state index contributed by atoms with van der Waals surface area (Å²) in [6.45, 7) is 4.56. The summed E-state index contributed by atoms with van der Waals surface area (Å²) in [6, 6.07) is 13.7. The molecule has 168 valence electrons. The number of hydrogen-bond donors (Lipinski definition) is 1. The van der Waals surface area contributed by atoms with Crippen LogP contribution >= 0.6 is 0 Å². The third-order valence-corrected chi connectivity index (χ3v) is 6.01. The van der Waals surface area contributed by atoms with E-state index in [-0.39, 0.29) is 12.4 Å². The number of amidine groups is 1. The van der Waals surface area contributed by atoms with Crippen molar-refractivity contribution in [3.63, 3.8) is 0 Å². The first-order chi connectivity index (χ1) is 15.5. The number of nitrogens with one attached hydrogen (secondary N) is 1. The van der Waals surface area contributed by atoms with Gasteiger partial charge in [-0.2, -0.15) is 0 Å². The lowest BCUT2D eigenvalue weighted by Crippen LogP contribution is -2.51. The van der Waals surface area contributed by atoms with Gasteiger partial charge < -0.3 is 24.4 Å². The van der Waals surface area contributed by atoms with Crippen LogP contribution in [-0.4, -0.2) is 51.6 Å². The van der Waals surface area contributed by atoms with Crippen molar-refractivity contribution >= 4 is 23.0 Å². The molecule has 2 aliphatic rings. The molecule has 0 bridgehead atoms. The van der Waals surface area contributed by atoms with Crippen LogP contribution in [0.25, 0.3) is 0 Å². The number of rotatable bonds is 6. The highest BCUT2D eigenvalue weighted by atomic mass is 16.5. The predicted octanol–water partition coefficient (Wildman–Crippen LogP) is 3.84. The number of nitrogens with zero attached hydrogens (tertiary/aromatic N) is 2. The molecule has 0 unspecified atom stereocenters. The SMILES string of the molecule is CCOC[C@]1(C)C(=O)C(=C2Cc3ccccc3N2)C(=NC)N1c1cc(OC)cc(OC)c1. The van der Waals surface area contributed by atoms with Gasteiger partial charge in [-0.05, 0) is 25.5 Å². The molecule has 1 saturated heterocycles. The van der Waals surface area contributed by atoms with Crippen LogP contribution in [0.3, 0.4) is 0 Å². The summed E-state index contributed by atoms with van der Waals surface area (Å²) in [6.07, 6.45) is 0.649. The van der Waals surface area contributed by atoms with Crippen LogP contribution in [0, 0.1) is 0 Å². The zero-order chi connectivity index (χ0) is 22.9. The number of aliphatic imine (C=N–C) groups is 1. The summed E-state index contributed by atoms with van der Waals surface area (Å²) < 4.78 is 16.8. The van der Waals surface area contributed by atoms with Gasteiger partial charge in [-0.1, -0.05) is 18.2 Å². The Kier molecular flexibility index (Phi) is 5.93. The van der Waals surface area contributed by atoms with Crippen LogP contribution in [0.5, 0.6) is 11.5 Å². The van der Waals surface area contributed by atoms with Gasteiger partial charge in [0.05, 0.1) is 32.1 Å². The van der Waals surface area contributed by atoms with Crippen molar-refractivity contribution in [1.29, 1.82) is 0 Å². The van der Waals surface area contributed by atoms with Gasteiger partial charge in [-0.3, -0.25) is 9.79 Å². The Hall–Kier alpha value is -3.32. The Morgan fingerprint density at radius 1 is 1.12 bits per heavy atom. The lowest BCUT2D eigenvalue weighted by Gasteiger charge is -2.34. The first kappa shape index (κ1) is 21.9. The van der Waals surface area contributed by atoms with E-state index in [4.69, 9.17) is 14.2 Å². The van der Waals surface area contributed by atoms with Crippen molar-refractivity contribution in [1.82, 2.24) is 0 Å². The molecule has 0 aliphatic carbocycles. The molecule has 32 heavy (non-hydrogen) atoms. The van der Waals surface area contributed by atoms with Crippen molar-refractivity contribution in [3.8, 4) is 11.5 Å². The van der Waals surface area contributed by atoms with Gasteiger partial charge in [0, 0.05) is 49.7 Å². The fourth-order valence-electron chi connectivity index (χ4n) is 4.41. The number of anilines is 2. The topological polar surface area (TPSA) is 72.4 Å². The highest BCUT2D eigenvalue weighted by molar-refractivity contribution is 6.37. The molecule has 0 saturated carbocycles. The molecular weight excluding hydrogens is 406 g/mol. The van der Waals surface area contributed by atoms with E-state index in [1.807, 2.05) is 49.1 Å². The van der Waals surface area contributed by atoms with Gasteiger partial charge in [0.25, 0.3) is 0 Å². The Labute approximate surface area is 188 Å². The smallest absolute Gasteiger partial charge is 0.196 e. The summed E-state index contributed by atoms with van der Waals surface area (Å²) in [4.78, 5) is 20.5. The lowest BCUT2D eigenvalue weighted by molar-refractivity contribution is -0.120. The Morgan fingerprint density at radius 2 is 1.81 bits per heavy atom. The highest BCUT2D eigenvalue weighted by Crippen LogP contribution is 2.42. The molecule has 4 rings (SSSR count). The van der Waals surface area contributed by atoms with E-state index >= 15 is 0 Å². The normalized spacial score (nSPS) is 23.5. The summed E-state index contributed by atoms with van der Waals surface area (Å²) in [7, 11) is 4.92. The highest BCUT2D eigenvalue weighted by Gasteiger charge is 2.53. The number of carbonyl (C=O) groups is 1. The van der Waals surface area contributed by atoms with E-state index in [0.29, 0.717) is 35.9 Å². The number of methoxy groups -OCH3 is 2. The number of carbonyl (C=O) groups excluding carboxylic acids is 1. The van der Waals surface area contributed by atoms with Gasteiger partial charge in [0.15, 0.2) is 5.78 Å². The molecule has 1 atom stereocenters. The number of ether oxygens (including phenoxy) is 3. The molecule has 1 fully saturated rings. The molecule has 0 radical (unpaired) electrons. The monoisotopic (exact) mass is 435 g/mol. The summed E-state index contributed by atoms with van der Waals surface area (Å²) in [5, 5.41) is 3.44. The van der Waals surface area contributed by atoms with E-state index in [0.717, 1.165) is 22.6 Å². The molecule has 0 spiro atoms. The maximum absolute atomic E-state index is 14.0.